The number of hydrogen-bond acceptors (Lipinski definition) is 6. The minimum Gasteiger partial charge on any atom is -0.462 e. The molecule has 0 aliphatic rings. The van der Waals surface area contributed by atoms with Crippen molar-refractivity contribution >= 4 is 17.9 Å². The first-order valence-electron chi connectivity index (χ1n) is 34.7. The van der Waals surface area contributed by atoms with E-state index in [9.17, 15) is 14.4 Å². The monoisotopic (exact) mass is 1070 g/mol. The molecule has 0 amide bonds. The lowest BCUT2D eigenvalue weighted by atomic mass is 10.0. The second-order valence-corrected chi connectivity index (χ2v) is 23.8. The summed E-state index contributed by atoms with van der Waals surface area (Å²) in [4.78, 5) is 38.4. The number of ether oxygens (including phenoxy) is 3. The molecule has 1 unspecified atom stereocenters. The van der Waals surface area contributed by atoms with Crippen molar-refractivity contribution in [1.29, 1.82) is 0 Å². The molecular weight excluding hydrogens is 937 g/mol. The van der Waals surface area contributed by atoms with Gasteiger partial charge in [0.1, 0.15) is 13.2 Å². The summed E-state index contributed by atoms with van der Waals surface area (Å²) in [6.45, 7) is 6.71. The molecule has 0 aliphatic heterocycles. The average molecular weight is 1070 g/mol. The molecule has 0 heterocycles. The van der Waals surface area contributed by atoms with E-state index in [1.165, 1.54) is 295 Å². The van der Waals surface area contributed by atoms with E-state index in [1.54, 1.807) is 0 Å². The quantitative estimate of drug-likeness (QED) is 0.0261. The first kappa shape index (κ1) is 74.2. The fraction of sp³-hybridized carbons (Fsp3) is 0.929. The molecule has 0 aromatic rings. The number of rotatable bonds is 65. The van der Waals surface area contributed by atoms with E-state index in [1.807, 2.05) is 0 Å². The zero-order valence-corrected chi connectivity index (χ0v) is 51.8. The molecule has 6 heteroatoms. The highest BCUT2D eigenvalue weighted by Crippen LogP contribution is 2.19. The largest absolute Gasteiger partial charge is 0.462 e. The van der Waals surface area contributed by atoms with Crippen LogP contribution in [-0.4, -0.2) is 37.2 Å². The highest BCUT2D eigenvalue weighted by atomic mass is 16.6. The second kappa shape index (κ2) is 65.7. The van der Waals surface area contributed by atoms with Crippen molar-refractivity contribution in [3.8, 4) is 0 Å². The van der Waals surface area contributed by atoms with Gasteiger partial charge in [-0.15, -0.1) is 0 Å². The Hall–Kier alpha value is -1.85. The molecule has 0 radical (unpaired) electrons. The van der Waals surface area contributed by atoms with Crippen LogP contribution in [0.5, 0.6) is 0 Å². The third kappa shape index (κ3) is 63.0. The number of carbonyl (C=O) groups is 3. The number of esters is 3. The molecule has 0 spiro atoms. The minimum atomic E-state index is -0.769. The fourth-order valence-corrected chi connectivity index (χ4v) is 10.8. The summed E-state index contributed by atoms with van der Waals surface area (Å²) in [7, 11) is 0. The molecule has 0 N–H and O–H groups in total. The van der Waals surface area contributed by atoms with E-state index in [0.29, 0.717) is 19.3 Å². The summed E-state index contributed by atoms with van der Waals surface area (Å²) in [5.74, 6) is -0.841. The average Bonchev–Trinajstić information content (AvgIpc) is 3.42. The summed E-state index contributed by atoms with van der Waals surface area (Å²) in [6.07, 6.45) is 78.1. The third-order valence-corrected chi connectivity index (χ3v) is 16.0. The first-order valence-corrected chi connectivity index (χ1v) is 34.7. The van der Waals surface area contributed by atoms with Crippen molar-refractivity contribution in [2.75, 3.05) is 13.2 Å². The van der Waals surface area contributed by atoms with Gasteiger partial charge in [-0.3, -0.25) is 14.4 Å². The lowest BCUT2D eigenvalue weighted by molar-refractivity contribution is -0.167. The predicted octanol–water partition coefficient (Wildman–Crippen LogP) is 23.6. The van der Waals surface area contributed by atoms with Gasteiger partial charge in [0, 0.05) is 19.3 Å². The van der Waals surface area contributed by atoms with E-state index < -0.39 is 6.10 Å². The zero-order valence-electron chi connectivity index (χ0n) is 51.8. The van der Waals surface area contributed by atoms with E-state index in [-0.39, 0.29) is 31.1 Å². The van der Waals surface area contributed by atoms with Gasteiger partial charge in [-0.1, -0.05) is 348 Å². The highest BCUT2D eigenvalue weighted by Gasteiger charge is 2.19. The maximum atomic E-state index is 12.9. The van der Waals surface area contributed by atoms with Crippen LogP contribution in [0, 0.1) is 0 Å². The lowest BCUT2D eigenvalue weighted by Gasteiger charge is -2.18. The van der Waals surface area contributed by atoms with E-state index in [0.717, 1.165) is 64.2 Å². The Bertz CT molecular complexity index is 1180. The van der Waals surface area contributed by atoms with Crippen molar-refractivity contribution in [2.45, 2.75) is 406 Å². The predicted molar refractivity (Wildman–Crippen MR) is 330 cm³/mol. The Kier molecular flexibility index (Phi) is 64.1. The lowest BCUT2D eigenvalue weighted by Crippen LogP contribution is -2.30. The summed E-state index contributed by atoms with van der Waals surface area (Å²) >= 11 is 0. The third-order valence-electron chi connectivity index (χ3n) is 16.0. The van der Waals surface area contributed by atoms with Crippen LogP contribution in [0.4, 0.5) is 0 Å². The smallest absolute Gasteiger partial charge is 0.306 e. The van der Waals surface area contributed by atoms with Crippen LogP contribution in [0.25, 0.3) is 0 Å². The van der Waals surface area contributed by atoms with Crippen molar-refractivity contribution in [3.63, 3.8) is 0 Å². The Morgan fingerprint density at radius 3 is 0.671 bits per heavy atom. The van der Waals surface area contributed by atoms with Crippen LogP contribution in [0.15, 0.2) is 12.2 Å². The summed E-state index contributed by atoms with van der Waals surface area (Å²) in [5, 5.41) is 0. The summed E-state index contributed by atoms with van der Waals surface area (Å²) in [5.41, 5.74) is 0. The maximum absolute atomic E-state index is 12.9. The van der Waals surface area contributed by atoms with Gasteiger partial charge in [0.15, 0.2) is 6.10 Å². The molecule has 6 nitrogen and oxygen atoms in total. The standard InChI is InChI=1S/C70H134O6/c1-4-7-10-13-16-19-22-25-27-29-31-32-33-34-35-36-37-39-40-42-45-48-51-54-57-60-63-69(72)75-66-67(65-74-68(71)62-59-56-53-50-47-44-24-21-18-15-12-9-6-3)76-70(73)64-61-58-55-52-49-46-43-41-38-30-28-26-23-20-17-14-11-8-5-2/h21,24,67H,4-20,22-23,25-66H2,1-3H3/b24-21-. The summed E-state index contributed by atoms with van der Waals surface area (Å²) in [6, 6.07) is 0. The molecule has 0 fully saturated rings. The van der Waals surface area contributed by atoms with Gasteiger partial charge in [-0.25, -0.2) is 0 Å². The van der Waals surface area contributed by atoms with Gasteiger partial charge in [-0.2, -0.15) is 0 Å². The van der Waals surface area contributed by atoms with Gasteiger partial charge >= 0.3 is 17.9 Å². The normalized spacial score (nSPS) is 12.0. The number of unbranched alkanes of at least 4 members (excludes halogenated alkanes) is 52. The topological polar surface area (TPSA) is 78.9 Å². The van der Waals surface area contributed by atoms with Gasteiger partial charge in [0.2, 0.25) is 0 Å². The Labute approximate surface area is 475 Å². The van der Waals surface area contributed by atoms with Crippen LogP contribution < -0.4 is 0 Å². The van der Waals surface area contributed by atoms with E-state index in [2.05, 4.69) is 32.9 Å². The van der Waals surface area contributed by atoms with Gasteiger partial charge in [-0.05, 0) is 44.9 Å². The SMILES string of the molecule is CCCCCC/C=C\CCCCCCCC(=O)OCC(COC(=O)CCCCCCCCCCCCCCCCCCCCCCCCCCCC)OC(=O)CCCCCCCCCCCCCCCCCCCCC. The Morgan fingerprint density at radius 2 is 0.434 bits per heavy atom. The van der Waals surface area contributed by atoms with Crippen molar-refractivity contribution in [3.05, 3.63) is 12.2 Å². The maximum Gasteiger partial charge on any atom is 0.306 e. The van der Waals surface area contributed by atoms with Crippen molar-refractivity contribution in [1.82, 2.24) is 0 Å². The van der Waals surface area contributed by atoms with Crippen LogP contribution in [-0.2, 0) is 28.6 Å². The van der Waals surface area contributed by atoms with Crippen molar-refractivity contribution < 1.29 is 28.6 Å². The molecule has 0 saturated heterocycles. The first-order chi connectivity index (χ1) is 37.5. The summed E-state index contributed by atoms with van der Waals surface area (Å²) < 4.78 is 17.0. The van der Waals surface area contributed by atoms with Crippen LogP contribution in [0.2, 0.25) is 0 Å². The second-order valence-electron chi connectivity index (χ2n) is 23.8. The Morgan fingerprint density at radius 1 is 0.250 bits per heavy atom. The molecule has 450 valence electrons. The molecule has 0 aliphatic carbocycles. The molecule has 0 rings (SSSR count). The van der Waals surface area contributed by atoms with Crippen LogP contribution in [0.3, 0.4) is 0 Å². The van der Waals surface area contributed by atoms with E-state index >= 15 is 0 Å². The molecule has 0 aromatic carbocycles. The van der Waals surface area contributed by atoms with E-state index in [4.69, 9.17) is 14.2 Å². The van der Waals surface area contributed by atoms with Gasteiger partial charge < -0.3 is 14.2 Å². The zero-order chi connectivity index (χ0) is 55.0. The highest BCUT2D eigenvalue weighted by molar-refractivity contribution is 5.71. The van der Waals surface area contributed by atoms with Gasteiger partial charge in [0.25, 0.3) is 0 Å². The van der Waals surface area contributed by atoms with Crippen LogP contribution >= 0.6 is 0 Å². The number of hydrogen-bond donors (Lipinski definition) is 0. The molecular formula is C70H134O6. The molecule has 76 heavy (non-hydrogen) atoms. The molecule has 0 bridgehead atoms. The van der Waals surface area contributed by atoms with Crippen molar-refractivity contribution in [2.24, 2.45) is 0 Å². The molecule has 0 aromatic heterocycles. The van der Waals surface area contributed by atoms with Crippen LogP contribution in [0.1, 0.15) is 400 Å². The Balaban J connectivity index is 4.19. The minimum absolute atomic E-state index is 0.0658. The number of allylic oxidation sites excluding steroid dienone is 2. The molecule has 0 saturated carbocycles. The van der Waals surface area contributed by atoms with Gasteiger partial charge in [0.05, 0.1) is 0 Å². The fourth-order valence-electron chi connectivity index (χ4n) is 10.8. The number of carbonyl (C=O) groups excluding carboxylic acids is 3. The molecule has 1 atom stereocenters.